The molecule has 0 bridgehead atoms. The summed E-state index contributed by atoms with van der Waals surface area (Å²) in [6.45, 7) is 0. The first-order chi connectivity index (χ1) is 6.65. The summed E-state index contributed by atoms with van der Waals surface area (Å²) in [6, 6.07) is 0.982. The lowest BCUT2D eigenvalue weighted by Crippen LogP contribution is -1.99. The molecule has 1 aliphatic carbocycles. The molecule has 0 atom stereocenters. The molecule has 0 aliphatic heterocycles. The number of phenolic OH excluding ortho intramolecular Hbond substituents is 1. The fourth-order valence-electron chi connectivity index (χ4n) is 1.77. The molecule has 0 aromatic heterocycles. The summed E-state index contributed by atoms with van der Waals surface area (Å²) >= 11 is 0. The van der Waals surface area contributed by atoms with Crippen molar-refractivity contribution in [2.24, 2.45) is 0 Å². The van der Waals surface area contributed by atoms with Gasteiger partial charge in [-0.3, -0.25) is 4.79 Å². The Morgan fingerprint density at radius 3 is 2.86 bits per heavy atom. The highest BCUT2D eigenvalue weighted by Crippen LogP contribution is 2.39. The van der Waals surface area contributed by atoms with Gasteiger partial charge in [-0.15, -0.1) is 0 Å². The van der Waals surface area contributed by atoms with Crippen molar-refractivity contribution in [1.29, 1.82) is 0 Å². The molecule has 1 aromatic carbocycles. The quantitative estimate of drug-likeness (QED) is 0.743. The molecule has 74 valence electrons. The van der Waals surface area contributed by atoms with Crippen LogP contribution in [0, 0.1) is 5.82 Å². The molecule has 0 heterocycles. The molecular weight excluding hydrogens is 187 g/mol. The van der Waals surface area contributed by atoms with Gasteiger partial charge in [-0.25, -0.2) is 4.39 Å². The molecule has 1 aromatic rings. The summed E-state index contributed by atoms with van der Waals surface area (Å²) in [5.41, 5.74) is 0.551. The summed E-state index contributed by atoms with van der Waals surface area (Å²) in [5, 5.41) is 9.36. The SMILES string of the molecule is COc1c(O)cc(F)c2c1C(=O)CC2. The van der Waals surface area contributed by atoms with Crippen molar-refractivity contribution in [3.63, 3.8) is 0 Å². The molecule has 0 unspecified atom stereocenters. The number of benzene rings is 1. The van der Waals surface area contributed by atoms with Crippen molar-refractivity contribution < 1.29 is 19.0 Å². The minimum absolute atomic E-state index is 0.0869. The van der Waals surface area contributed by atoms with Crippen LogP contribution in [0.3, 0.4) is 0 Å². The van der Waals surface area contributed by atoms with Gasteiger partial charge in [0.25, 0.3) is 0 Å². The standard InChI is InChI=1S/C10H9FO3/c1-14-10-8(13)4-6(11)5-2-3-7(12)9(5)10/h4,13H,2-3H2,1H3. The van der Waals surface area contributed by atoms with E-state index in [4.69, 9.17) is 4.74 Å². The van der Waals surface area contributed by atoms with Crippen LogP contribution in [0.2, 0.25) is 0 Å². The minimum atomic E-state index is -0.538. The number of Topliss-reactive ketones (excluding diaryl/α,β-unsaturated/α-hetero) is 1. The van der Waals surface area contributed by atoms with E-state index in [1.165, 1.54) is 7.11 Å². The van der Waals surface area contributed by atoms with Crippen LogP contribution in [0.4, 0.5) is 4.39 Å². The molecule has 4 heteroatoms. The monoisotopic (exact) mass is 196 g/mol. The normalized spacial score (nSPS) is 14.3. The molecule has 0 fully saturated rings. The van der Waals surface area contributed by atoms with Crippen molar-refractivity contribution >= 4 is 5.78 Å². The Labute approximate surface area is 80.1 Å². The Kier molecular flexibility index (Phi) is 1.91. The Morgan fingerprint density at radius 2 is 2.21 bits per heavy atom. The number of phenols is 1. The highest BCUT2D eigenvalue weighted by molar-refractivity contribution is 6.03. The number of carbonyl (C=O) groups excluding carboxylic acids is 1. The minimum Gasteiger partial charge on any atom is -0.504 e. The van der Waals surface area contributed by atoms with E-state index in [1.807, 2.05) is 0 Å². The Hall–Kier alpha value is -1.58. The summed E-state index contributed by atoms with van der Waals surface area (Å²) in [7, 11) is 1.35. The third-order valence-corrected chi connectivity index (χ3v) is 2.40. The molecule has 2 rings (SSSR count). The molecule has 0 saturated carbocycles. The van der Waals surface area contributed by atoms with Crippen molar-refractivity contribution in [2.45, 2.75) is 12.8 Å². The van der Waals surface area contributed by atoms with E-state index in [2.05, 4.69) is 0 Å². The first-order valence-electron chi connectivity index (χ1n) is 4.26. The maximum absolute atomic E-state index is 13.3. The zero-order valence-electron chi connectivity index (χ0n) is 7.63. The smallest absolute Gasteiger partial charge is 0.171 e. The van der Waals surface area contributed by atoms with Crippen molar-refractivity contribution in [3.05, 3.63) is 23.0 Å². The number of ketones is 1. The number of methoxy groups -OCH3 is 1. The summed E-state index contributed by atoms with van der Waals surface area (Å²) in [5.74, 6) is -0.946. The first-order valence-corrected chi connectivity index (χ1v) is 4.26. The van der Waals surface area contributed by atoms with E-state index in [0.29, 0.717) is 12.0 Å². The second-order valence-electron chi connectivity index (χ2n) is 3.19. The summed E-state index contributed by atoms with van der Waals surface area (Å²) in [6.07, 6.45) is 0.669. The number of hydrogen-bond donors (Lipinski definition) is 1. The van der Waals surface area contributed by atoms with Gasteiger partial charge in [0.1, 0.15) is 5.82 Å². The van der Waals surface area contributed by atoms with E-state index in [-0.39, 0.29) is 29.3 Å². The van der Waals surface area contributed by atoms with Crippen LogP contribution in [0.25, 0.3) is 0 Å². The van der Waals surface area contributed by atoms with Crippen LogP contribution >= 0.6 is 0 Å². The van der Waals surface area contributed by atoms with Crippen LogP contribution in [0.1, 0.15) is 22.3 Å². The van der Waals surface area contributed by atoms with Crippen LogP contribution in [-0.2, 0) is 6.42 Å². The van der Waals surface area contributed by atoms with Crippen LogP contribution in [0.5, 0.6) is 11.5 Å². The average Bonchev–Trinajstić information content (AvgIpc) is 2.50. The molecule has 0 saturated heterocycles. The van der Waals surface area contributed by atoms with Crippen molar-refractivity contribution in [3.8, 4) is 11.5 Å². The first kappa shape index (κ1) is 8.99. The number of ether oxygens (including phenoxy) is 1. The van der Waals surface area contributed by atoms with Gasteiger partial charge in [-0.2, -0.15) is 0 Å². The Bertz CT molecular complexity index is 412. The number of halogens is 1. The predicted octanol–water partition coefficient (Wildman–Crippen LogP) is 1.67. The average molecular weight is 196 g/mol. The maximum atomic E-state index is 13.3. The lowest BCUT2D eigenvalue weighted by Gasteiger charge is -2.08. The highest BCUT2D eigenvalue weighted by atomic mass is 19.1. The van der Waals surface area contributed by atoms with Gasteiger partial charge in [-0.05, 0) is 6.42 Å². The third-order valence-electron chi connectivity index (χ3n) is 2.40. The second kappa shape index (κ2) is 2.97. The largest absolute Gasteiger partial charge is 0.504 e. The molecule has 14 heavy (non-hydrogen) atoms. The highest BCUT2D eigenvalue weighted by Gasteiger charge is 2.29. The number of hydrogen-bond acceptors (Lipinski definition) is 3. The number of aromatic hydroxyl groups is 1. The molecule has 0 spiro atoms. The molecule has 3 nitrogen and oxygen atoms in total. The van der Waals surface area contributed by atoms with Gasteiger partial charge in [0.05, 0.1) is 12.7 Å². The summed E-state index contributed by atoms with van der Waals surface area (Å²) in [4.78, 5) is 11.4. The van der Waals surface area contributed by atoms with E-state index < -0.39 is 5.82 Å². The van der Waals surface area contributed by atoms with Gasteiger partial charge in [-0.1, -0.05) is 0 Å². The van der Waals surface area contributed by atoms with E-state index in [0.717, 1.165) is 6.07 Å². The molecule has 1 aliphatic rings. The maximum Gasteiger partial charge on any atom is 0.171 e. The predicted molar refractivity (Wildman–Crippen MR) is 47.3 cm³/mol. The number of rotatable bonds is 1. The molecule has 0 radical (unpaired) electrons. The number of carbonyl (C=O) groups is 1. The fourth-order valence-corrected chi connectivity index (χ4v) is 1.77. The summed E-state index contributed by atoms with van der Waals surface area (Å²) < 4.78 is 18.1. The van der Waals surface area contributed by atoms with Crippen LogP contribution in [-0.4, -0.2) is 18.0 Å². The Balaban J connectivity index is 2.74. The van der Waals surface area contributed by atoms with Gasteiger partial charge in [0, 0.05) is 18.1 Å². The van der Waals surface area contributed by atoms with Crippen molar-refractivity contribution in [1.82, 2.24) is 0 Å². The van der Waals surface area contributed by atoms with Crippen LogP contribution in [0.15, 0.2) is 6.07 Å². The van der Waals surface area contributed by atoms with Gasteiger partial charge < -0.3 is 9.84 Å². The van der Waals surface area contributed by atoms with E-state index >= 15 is 0 Å². The zero-order valence-corrected chi connectivity index (χ0v) is 7.63. The zero-order chi connectivity index (χ0) is 10.3. The van der Waals surface area contributed by atoms with E-state index in [1.54, 1.807) is 0 Å². The molecule has 0 amide bonds. The second-order valence-corrected chi connectivity index (χ2v) is 3.19. The van der Waals surface area contributed by atoms with Crippen molar-refractivity contribution in [2.75, 3.05) is 7.11 Å². The van der Waals surface area contributed by atoms with E-state index in [9.17, 15) is 14.3 Å². The third kappa shape index (κ3) is 1.07. The van der Waals surface area contributed by atoms with Crippen LogP contribution < -0.4 is 4.74 Å². The Morgan fingerprint density at radius 1 is 1.50 bits per heavy atom. The van der Waals surface area contributed by atoms with Gasteiger partial charge >= 0.3 is 0 Å². The lowest BCUT2D eigenvalue weighted by atomic mass is 10.1. The van der Waals surface area contributed by atoms with Gasteiger partial charge in [0.2, 0.25) is 0 Å². The fraction of sp³-hybridized carbons (Fsp3) is 0.300. The topological polar surface area (TPSA) is 46.5 Å². The lowest BCUT2D eigenvalue weighted by molar-refractivity contribution is 0.0991. The molecular formula is C10H9FO3. The molecule has 1 N–H and O–H groups in total. The number of fused-ring (bicyclic) bond motifs is 1. The van der Waals surface area contributed by atoms with Gasteiger partial charge in [0.15, 0.2) is 17.3 Å².